The molecule has 0 saturated heterocycles. The zero-order chi connectivity index (χ0) is 28.1. The molecule has 1 fully saturated rings. The molecule has 1 heterocycles. The van der Waals surface area contributed by atoms with Gasteiger partial charge in [-0.15, -0.1) is 5.10 Å². The van der Waals surface area contributed by atoms with Crippen molar-refractivity contribution >= 4 is 40.1 Å². The number of ether oxygens (including phenoxy) is 2. The molecule has 1 aliphatic rings. The maximum atomic E-state index is 14.3. The van der Waals surface area contributed by atoms with Crippen molar-refractivity contribution in [2.24, 2.45) is 0 Å². The number of halogens is 1. The van der Waals surface area contributed by atoms with E-state index < -0.39 is 5.54 Å². The lowest BCUT2D eigenvalue weighted by Gasteiger charge is -2.45. The van der Waals surface area contributed by atoms with Crippen LogP contribution in [0.5, 0.6) is 11.5 Å². The van der Waals surface area contributed by atoms with E-state index in [0.717, 1.165) is 30.3 Å². The van der Waals surface area contributed by atoms with Crippen molar-refractivity contribution in [2.75, 3.05) is 19.5 Å². The second-order valence-electron chi connectivity index (χ2n) is 9.95. The number of benzene rings is 3. The Morgan fingerprint density at radius 3 is 2.48 bits per heavy atom. The van der Waals surface area contributed by atoms with Crippen molar-refractivity contribution < 1.29 is 19.1 Å². The fourth-order valence-corrected chi connectivity index (χ4v) is 5.52. The molecule has 0 spiro atoms. The van der Waals surface area contributed by atoms with Crippen LogP contribution in [0.4, 0.5) is 5.69 Å². The molecule has 208 valence electrons. The molecule has 1 aliphatic carbocycles. The van der Waals surface area contributed by atoms with Crippen molar-refractivity contribution in [1.82, 2.24) is 19.9 Å². The van der Waals surface area contributed by atoms with E-state index in [0.29, 0.717) is 40.6 Å². The molecule has 40 heavy (non-hydrogen) atoms. The first-order valence-electron chi connectivity index (χ1n) is 13.3. The standard InChI is InChI=1S/C30H32ClN5O4/c1-39-23-14-15-25(27(18-23)40-2)32-29(38)30(16-6-3-7-17-30)35(19-21-10-12-22(31)13-11-21)28(37)20-36-26-9-5-4-8-24(26)33-34-36/h4-5,8-15,18H,3,6-7,16-17,19-20H2,1-2H3,(H,32,38). The Hall–Kier alpha value is -4.11. The monoisotopic (exact) mass is 561 g/mol. The molecular formula is C30H32ClN5O4. The summed E-state index contributed by atoms with van der Waals surface area (Å²) in [7, 11) is 3.11. The number of fused-ring (bicyclic) bond motifs is 1. The Bertz CT molecular complexity index is 1500. The summed E-state index contributed by atoms with van der Waals surface area (Å²) in [4.78, 5) is 30.2. The van der Waals surface area contributed by atoms with Crippen LogP contribution in [-0.4, -0.2) is 51.5 Å². The van der Waals surface area contributed by atoms with Crippen molar-refractivity contribution in [3.63, 3.8) is 0 Å². The summed E-state index contributed by atoms with van der Waals surface area (Å²) < 4.78 is 12.4. The first-order valence-corrected chi connectivity index (χ1v) is 13.7. The molecule has 0 aliphatic heterocycles. The lowest BCUT2D eigenvalue weighted by molar-refractivity contribution is -0.149. The Balaban J connectivity index is 1.52. The van der Waals surface area contributed by atoms with Crippen LogP contribution in [0.2, 0.25) is 5.02 Å². The maximum absolute atomic E-state index is 14.3. The fraction of sp³-hybridized carbons (Fsp3) is 0.333. The van der Waals surface area contributed by atoms with Crippen LogP contribution < -0.4 is 14.8 Å². The molecular weight excluding hydrogens is 530 g/mol. The minimum atomic E-state index is -1.07. The summed E-state index contributed by atoms with van der Waals surface area (Å²) in [5.74, 6) is 0.621. The van der Waals surface area contributed by atoms with Crippen LogP contribution in [0.25, 0.3) is 11.0 Å². The number of amides is 2. The first-order chi connectivity index (χ1) is 19.4. The van der Waals surface area contributed by atoms with Crippen molar-refractivity contribution in [2.45, 2.75) is 50.7 Å². The molecule has 0 atom stereocenters. The van der Waals surface area contributed by atoms with Crippen LogP contribution >= 0.6 is 11.6 Å². The van der Waals surface area contributed by atoms with Crippen LogP contribution in [0.1, 0.15) is 37.7 Å². The smallest absolute Gasteiger partial charge is 0.250 e. The number of aromatic nitrogens is 3. The zero-order valence-corrected chi connectivity index (χ0v) is 23.4. The summed E-state index contributed by atoms with van der Waals surface area (Å²) in [5, 5.41) is 12.1. The predicted octanol–water partition coefficient (Wildman–Crippen LogP) is 5.47. The van der Waals surface area contributed by atoms with Gasteiger partial charge in [-0.1, -0.05) is 60.3 Å². The second kappa shape index (κ2) is 12.0. The van der Waals surface area contributed by atoms with Gasteiger partial charge in [0, 0.05) is 17.6 Å². The summed E-state index contributed by atoms with van der Waals surface area (Å²) >= 11 is 6.14. The largest absolute Gasteiger partial charge is 0.497 e. The average Bonchev–Trinajstić information content (AvgIpc) is 3.39. The number of methoxy groups -OCH3 is 2. The molecule has 0 bridgehead atoms. The van der Waals surface area contributed by atoms with Gasteiger partial charge < -0.3 is 19.7 Å². The molecule has 10 heteroatoms. The number of anilines is 1. The van der Waals surface area contributed by atoms with Gasteiger partial charge in [0.1, 0.15) is 29.1 Å². The highest BCUT2D eigenvalue weighted by molar-refractivity contribution is 6.30. The van der Waals surface area contributed by atoms with Crippen LogP contribution in [0, 0.1) is 0 Å². The van der Waals surface area contributed by atoms with E-state index >= 15 is 0 Å². The highest BCUT2D eigenvalue weighted by Crippen LogP contribution is 2.38. The van der Waals surface area contributed by atoms with E-state index in [1.165, 1.54) is 0 Å². The Kier molecular flexibility index (Phi) is 8.21. The Morgan fingerprint density at radius 1 is 1.00 bits per heavy atom. The number of para-hydroxylation sites is 1. The fourth-order valence-electron chi connectivity index (χ4n) is 5.39. The van der Waals surface area contributed by atoms with E-state index in [-0.39, 0.29) is 24.9 Å². The van der Waals surface area contributed by atoms with Gasteiger partial charge in [0.05, 0.1) is 25.4 Å². The minimum Gasteiger partial charge on any atom is -0.497 e. The number of hydrogen-bond acceptors (Lipinski definition) is 6. The number of nitrogens with zero attached hydrogens (tertiary/aromatic N) is 4. The lowest BCUT2D eigenvalue weighted by Crippen LogP contribution is -2.60. The average molecular weight is 562 g/mol. The van der Waals surface area contributed by atoms with Gasteiger partial charge >= 0.3 is 0 Å². The van der Waals surface area contributed by atoms with Gasteiger partial charge in [-0.2, -0.15) is 0 Å². The Morgan fingerprint density at radius 2 is 1.75 bits per heavy atom. The number of carbonyl (C=O) groups excluding carboxylic acids is 2. The molecule has 9 nitrogen and oxygen atoms in total. The highest BCUT2D eigenvalue weighted by Gasteiger charge is 2.47. The third-order valence-electron chi connectivity index (χ3n) is 7.54. The number of rotatable bonds is 9. The third-order valence-corrected chi connectivity index (χ3v) is 7.79. The molecule has 0 unspecified atom stereocenters. The van der Waals surface area contributed by atoms with E-state index in [1.54, 1.807) is 54.1 Å². The normalized spacial score (nSPS) is 14.5. The number of hydrogen-bond donors (Lipinski definition) is 1. The SMILES string of the molecule is COc1ccc(NC(=O)C2(N(Cc3ccc(Cl)cc3)C(=O)Cn3nnc4ccccc43)CCCCC2)c(OC)c1. The van der Waals surface area contributed by atoms with Crippen LogP contribution in [-0.2, 0) is 22.7 Å². The van der Waals surface area contributed by atoms with E-state index in [4.69, 9.17) is 21.1 Å². The second-order valence-corrected chi connectivity index (χ2v) is 10.4. The molecule has 5 rings (SSSR count). The number of carbonyl (C=O) groups is 2. The van der Waals surface area contributed by atoms with Crippen LogP contribution in [0.3, 0.4) is 0 Å². The maximum Gasteiger partial charge on any atom is 0.250 e. The van der Waals surface area contributed by atoms with Crippen molar-refractivity contribution in [3.8, 4) is 11.5 Å². The highest BCUT2D eigenvalue weighted by atomic mass is 35.5. The summed E-state index contributed by atoms with van der Waals surface area (Å²) in [6, 6.07) is 20.1. The van der Waals surface area contributed by atoms with Gasteiger partial charge in [0.15, 0.2) is 0 Å². The van der Waals surface area contributed by atoms with Gasteiger partial charge in [-0.25, -0.2) is 4.68 Å². The van der Waals surface area contributed by atoms with Gasteiger partial charge in [-0.05, 0) is 54.8 Å². The number of nitrogens with one attached hydrogen (secondary N) is 1. The summed E-state index contributed by atoms with van der Waals surface area (Å²) in [5.41, 5.74) is 1.78. The lowest BCUT2D eigenvalue weighted by atomic mass is 9.78. The topological polar surface area (TPSA) is 98.6 Å². The third kappa shape index (κ3) is 5.60. The minimum absolute atomic E-state index is 0.0466. The zero-order valence-electron chi connectivity index (χ0n) is 22.6. The molecule has 0 radical (unpaired) electrons. The van der Waals surface area contributed by atoms with E-state index in [9.17, 15) is 9.59 Å². The summed E-state index contributed by atoms with van der Waals surface area (Å²) in [6.45, 7) is 0.199. The quantitative estimate of drug-likeness (QED) is 0.291. The summed E-state index contributed by atoms with van der Waals surface area (Å²) in [6.07, 6.45) is 3.72. The predicted molar refractivity (Wildman–Crippen MR) is 154 cm³/mol. The molecule has 1 saturated carbocycles. The Labute approximate surface area is 238 Å². The van der Waals surface area contributed by atoms with Gasteiger partial charge in [0.2, 0.25) is 11.8 Å². The van der Waals surface area contributed by atoms with Gasteiger partial charge in [0.25, 0.3) is 0 Å². The van der Waals surface area contributed by atoms with E-state index in [2.05, 4.69) is 15.6 Å². The molecule has 1 N–H and O–H groups in total. The van der Waals surface area contributed by atoms with Crippen molar-refractivity contribution in [3.05, 3.63) is 77.3 Å². The molecule has 2 amide bonds. The van der Waals surface area contributed by atoms with Gasteiger partial charge in [-0.3, -0.25) is 9.59 Å². The van der Waals surface area contributed by atoms with Crippen LogP contribution in [0.15, 0.2) is 66.7 Å². The first kappa shape index (κ1) is 27.5. The molecule has 4 aromatic rings. The molecule has 3 aromatic carbocycles. The molecule has 1 aromatic heterocycles. The van der Waals surface area contributed by atoms with Crippen molar-refractivity contribution in [1.29, 1.82) is 0 Å². The van der Waals surface area contributed by atoms with E-state index in [1.807, 2.05) is 36.4 Å².